The fourth-order valence-corrected chi connectivity index (χ4v) is 2.98. The van der Waals surface area contributed by atoms with E-state index in [2.05, 4.69) is 5.32 Å². The van der Waals surface area contributed by atoms with Crippen LogP contribution >= 0.6 is 22.9 Å². The summed E-state index contributed by atoms with van der Waals surface area (Å²) < 4.78 is 15.3. The van der Waals surface area contributed by atoms with Gasteiger partial charge >= 0.3 is 5.97 Å². The molecule has 0 aliphatic rings. The molecule has 0 aliphatic carbocycles. The van der Waals surface area contributed by atoms with Crippen molar-refractivity contribution in [1.29, 1.82) is 0 Å². The van der Waals surface area contributed by atoms with Gasteiger partial charge in [0.2, 0.25) is 0 Å². The van der Waals surface area contributed by atoms with Crippen molar-refractivity contribution in [2.24, 2.45) is 0 Å². The Morgan fingerprint density at radius 2 is 1.92 bits per heavy atom. The lowest BCUT2D eigenvalue weighted by molar-refractivity contribution is -0.119. The minimum Gasteiger partial charge on any atom is -0.495 e. The molecule has 0 saturated heterocycles. The Labute approximate surface area is 148 Å². The third-order valence-electron chi connectivity index (χ3n) is 3.13. The van der Waals surface area contributed by atoms with Gasteiger partial charge in [-0.25, -0.2) is 4.79 Å². The van der Waals surface area contributed by atoms with E-state index in [1.807, 2.05) is 6.07 Å². The number of ether oxygens (including phenoxy) is 3. The lowest BCUT2D eigenvalue weighted by atomic mass is 10.2. The second-order valence-corrected chi connectivity index (χ2v) is 6.07. The van der Waals surface area contributed by atoms with Crippen LogP contribution in [0.1, 0.15) is 15.2 Å². The highest BCUT2D eigenvalue weighted by Crippen LogP contribution is 2.35. The van der Waals surface area contributed by atoms with Gasteiger partial charge < -0.3 is 19.5 Å². The summed E-state index contributed by atoms with van der Waals surface area (Å²) in [6.45, 7) is 1.39. The maximum Gasteiger partial charge on any atom is 0.349 e. The molecule has 0 spiro atoms. The van der Waals surface area contributed by atoms with Gasteiger partial charge in [-0.1, -0.05) is 11.6 Å². The molecule has 1 aromatic carbocycles. The molecule has 0 bridgehead atoms. The Bertz CT molecular complexity index is 759. The van der Waals surface area contributed by atoms with Crippen LogP contribution in [-0.2, 0) is 9.53 Å². The smallest absolute Gasteiger partial charge is 0.349 e. The molecule has 128 valence electrons. The number of rotatable bonds is 6. The topological polar surface area (TPSA) is 73.9 Å². The number of thiophene rings is 1. The van der Waals surface area contributed by atoms with Crippen molar-refractivity contribution in [2.45, 2.75) is 6.92 Å². The number of halogens is 1. The van der Waals surface area contributed by atoms with E-state index in [0.29, 0.717) is 27.1 Å². The molecule has 2 rings (SSSR count). The van der Waals surface area contributed by atoms with Crippen LogP contribution in [0.15, 0.2) is 23.6 Å². The van der Waals surface area contributed by atoms with Crippen LogP contribution in [0.25, 0.3) is 0 Å². The minimum atomic E-state index is -0.530. The number of methoxy groups -OCH3 is 2. The summed E-state index contributed by atoms with van der Waals surface area (Å²) in [4.78, 5) is 24.4. The number of hydrogen-bond donors (Lipinski definition) is 1. The zero-order valence-electron chi connectivity index (χ0n) is 13.3. The van der Waals surface area contributed by atoms with E-state index in [1.165, 1.54) is 31.6 Å². The van der Waals surface area contributed by atoms with Gasteiger partial charge in [-0.15, -0.1) is 11.3 Å². The normalized spacial score (nSPS) is 10.2. The lowest BCUT2D eigenvalue weighted by Crippen LogP contribution is -2.21. The Hall–Kier alpha value is -2.25. The van der Waals surface area contributed by atoms with Crippen molar-refractivity contribution in [3.8, 4) is 11.5 Å². The van der Waals surface area contributed by atoms with E-state index in [-0.39, 0.29) is 0 Å². The molecule has 0 unspecified atom stereocenters. The number of nitrogens with one attached hydrogen (secondary N) is 1. The Morgan fingerprint density at radius 1 is 1.21 bits per heavy atom. The number of benzene rings is 1. The van der Waals surface area contributed by atoms with E-state index in [0.717, 1.165) is 5.56 Å². The van der Waals surface area contributed by atoms with Gasteiger partial charge in [-0.05, 0) is 30.0 Å². The highest BCUT2D eigenvalue weighted by atomic mass is 35.5. The monoisotopic (exact) mass is 369 g/mol. The van der Waals surface area contributed by atoms with Gasteiger partial charge in [-0.3, -0.25) is 4.79 Å². The molecule has 0 atom stereocenters. The molecule has 24 heavy (non-hydrogen) atoms. The van der Waals surface area contributed by atoms with Gasteiger partial charge in [-0.2, -0.15) is 0 Å². The molecular formula is C16H16ClNO5S. The minimum absolute atomic E-state index is 0.319. The summed E-state index contributed by atoms with van der Waals surface area (Å²) in [7, 11) is 2.93. The number of carbonyl (C=O) groups excluding carboxylic acids is 2. The van der Waals surface area contributed by atoms with Crippen LogP contribution in [0.5, 0.6) is 11.5 Å². The quantitative estimate of drug-likeness (QED) is 0.788. The summed E-state index contributed by atoms with van der Waals surface area (Å²) >= 11 is 7.31. The van der Waals surface area contributed by atoms with Gasteiger partial charge in [0.25, 0.3) is 5.91 Å². The molecule has 1 N–H and O–H groups in total. The number of esters is 1. The number of carbonyl (C=O) groups is 2. The van der Waals surface area contributed by atoms with Gasteiger partial charge in [0.1, 0.15) is 16.4 Å². The fourth-order valence-electron chi connectivity index (χ4n) is 1.92. The molecule has 0 saturated carbocycles. The zero-order valence-corrected chi connectivity index (χ0v) is 14.9. The Kier molecular flexibility index (Phi) is 6.05. The van der Waals surface area contributed by atoms with Gasteiger partial charge in [0.05, 0.1) is 24.9 Å². The number of aryl methyl sites for hydroxylation is 1. The van der Waals surface area contributed by atoms with E-state index in [1.54, 1.807) is 18.4 Å². The van der Waals surface area contributed by atoms with E-state index in [4.69, 9.17) is 25.8 Å². The lowest BCUT2D eigenvalue weighted by Gasteiger charge is -2.13. The fraction of sp³-hybridized carbons (Fsp3) is 0.250. The van der Waals surface area contributed by atoms with Crippen molar-refractivity contribution in [3.05, 3.63) is 39.0 Å². The first-order chi connectivity index (χ1) is 11.5. The Balaban J connectivity index is 2.01. The van der Waals surface area contributed by atoms with Crippen LogP contribution in [0.3, 0.4) is 0 Å². The largest absolute Gasteiger partial charge is 0.495 e. The third kappa shape index (κ3) is 4.18. The molecule has 0 fully saturated rings. The maximum absolute atomic E-state index is 12.0. The summed E-state index contributed by atoms with van der Waals surface area (Å²) in [6.07, 6.45) is 0. The summed E-state index contributed by atoms with van der Waals surface area (Å²) in [5.41, 5.74) is 1.17. The first kappa shape index (κ1) is 18.1. The molecule has 0 aliphatic heterocycles. The molecule has 0 radical (unpaired) electrons. The molecule has 1 heterocycles. The maximum atomic E-state index is 12.0. The predicted molar refractivity (Wildman–Crippen MR) is 92.5 cm³/mol. The van der Waals surface area contributed by atoms with Crippen LogP contribution in [-0.4, -0.2) is 32.7 Å². The number of hydrogen-bond acceptors (Lipinski definition) is 6. The van der Waals surface area contributed by atoms with Gasteiger partial charge in [0, 0.05) is 6.07 Å². The molecule has 6 nitrogen and oxygen atoms in total. The highest BCUT2D eigenvalue weighted by Gasteiger charge is 2.16. The average Bonchev–Trinajstić information content (AvgIpc) is 2.99. The SMILES string of the molecule is COc1cc(OC)c(NC(=O)COC(=O)c2sccc2C)cc1Cl. The van der Waals surface area contributed by atoms with E-state index in [9.17, 15) is 9.59 Å². The standard InChI is InChI=1S/C16H16ClNO5S/c1-9-4-5-24-15(9)16(20)23-8-14(19)18-11-6-10(17)12(21-2)7-13(11)22-3/h4-7H,8H2,1-3H3,(H,18,19). The van der Waals surface area contributed by atoms with Crippen molar-refractivity contribution in [2.75, 3.05) is 26.1 Å². The second kappa shape index (κ2) is 8.03. The third-order valence-corrected chi connectivity index (χ3v) is 4.42. The molecule has 8 heteroatoms. The van der Waals surface area contributed by atoms with Gasteiger partial charge in [0.15, 0.2) is 6.61 Å². The van der Waals surface area contributed by atoms with Crippen LogP contribution in [0, 0.1) is 6.92 Å². The predicted octanol–water partition coefficient (Wildman–Crippen LogP) is 3.52. The van der Waals surface area contributed by atoms with E-state index < -0.39 is 18.5 Å². The zero-order chi connectivity index (χ0) is 17.7. The van der Waals surface area contributed by atoms with Crippen molar-refractivity contribution < 1.29 is 23.8 Å². The van der Waals surface area contributed by atoms with Crippen LogP contribution < -0.4 is 14.8 Å². The molecule has 2 aromatic rings. The highest BCUT2D eigenvalue weighted by molar-refractivity contribution is 7.12. The van der Waals surface area contributed by atoms with Crippen LogP contribution in [0.4, 0.5) is 5.69 Å². The molecule has 1 amide bonds. The number of anilines is 1. The summed E-state index contributed by atoms with van der Waals surface area (Å²) in [5.74, 6) is -0.231. The van der Waals surface area contributed by atoms with Crippen molar-refractivity contribution in [3.63, 3.8) is 0 Å². The summed E-state index contributed by atoms with van der Waals surface area (Å²) in [5, 5.41) is 4.70. The first-order valence-corrected chi connectivity index (χ1v) is 8.14. The first-order valence-electron chi connectivity index (χ1n) is 6.88. The average molecular weight is 370 g/mol. The second-order valence-electron chi connectivity index (χ2n) is 4.74. The van der Waals surface area contributed by atoms with Crippen molar-refractivity contribution in [1.82, 2.24) is 0 Å². The van der Waals surface area contributed by atoms with E-state index >= 15 is 0 Å². The summed E-state index contributed by atoms with van der Waals surface area (Å²) in [6, 6.07) is 4.87. The molecular weight excluding hydrogens is 354 g/mol. The molecule has 1 aromatic heterocycles. The Morgan fingerprint density at radius 3 is 2.50 bits per heavy atom. The number of amides is 1. The van der Waals surface area contributed by atoms with Crippen molar-refractivity contribution >= 4 is 40.5 Å². The van der Waals surface area contributed by atoms with Crippen LogP contribution in [0.2, 0.25) is 5.02 Å².